The summed E-state index contributed by atoms with van der Waals surface area (Å²) >= 11 is 1.17. The Morgan fingerprint density at radius 2 is 1.93 bits per heavy atom. The SMILES string of the molecule is Cc1cnc(Nc2ccc(N3CCOCC3)cc2)nc1Nc1ccsc1C(=O)O. The van der Waals surface area contributed by atoms with Crippen LogP contribution in [0.1, 0.15) is 15.2 Å². The van der Waals surface area contributed by atoms with Crippen molar-refractivity contribution < 1.29 is 14.6 Å². The molecule has 3 N–H and O–H groups in total. The maximum absolute atomic E-state index is 11.3. The fraction of sp³-hybridized carbons (Fsp3) is 0.250. The number of rotatable bonds is 6. The minimum atomic E-state index is -0.965. The number of anilines is 5. The van der Waals surface area contributed by atoms with E-state index < -0.39 is 5.97 Å². The number of hydrogen-bond donors (Lipinski definition) is 3. The van der Waals surface area contributed by atoms with Crippen molar-refractivity contribution in [1.82, 2.24) is 9.97 Å². The lowest BCUT2D eigenvalue weighted by molar-refractivity contribution is 0.0703. The first-order valence-corrected chi connectivity index (χ1v) is 10.1. The summed E-state index contributed by atoms with van der Waals surface area (Å²) in [5.41, 5.74) is 3.37. The van der Waals surface area contributed by atoms with Crippen molar-refractivity contribution in [2.24, 2.45) is 0 Å². The zero-order valence-corrected chi connectivity index (χ0v) is 16.7. The minimum Gasteiger partial charge on any atom is -0.477 e. The molecule has 0 atom stereocenters. The lowest BCUT2D eigenvalue weighted by Crippen LogP contribution is -2.36. The molecule has 8 nitrogen and oxygen atoms in total. The number of thiophene rings is 1. The van der Waals surface area contributed by atoms with Crippen LogP contribution in [-0.2, 0) is 4.74 Å². The molecule has 1 aliphatic rings. The van der Waals surface area contributed by atoms with Gasteiger partial charge in [-0.25, -0.2) is 9.78 Å². The second-order valence-corrected chi connectivity index (χ2v) is 7.51. The third-order valence-electron chi connectivity index (χ3n) is 4.58. The molecule has 3 heterocycles. The van der Waals surface area contributed by atoms with E-state index >= 15 is 0 Å². The van der Waals surface area contributed by atoms with Gasteiger partial charge in [-0.2, -0.15) is 4.98 Å². The summed E-state index contributed by atoms with van der Waals surface area (Å²) in [5.74, 6) is 0.0329. The van der Waals surface area contributed by atoms with E-state index in [1.807, 2.05) is 19.1 Å². The first kappa shape index (κ1) is 19.2. The average Bonchev–Trinajstić information content (AvgIpc) is 3.20. The third-order valence-corrected chi connectivity index (χ3v) is 5.49. The summed E-state index contributed by atoms with van der Waals surface area (Å²) in [6, 6.07) is 9.83. The summed E-state index contributed by atoms with van der Waals surface area (Å²) in [5, 5.41) is 17.3. The number of aromatic carboxylic acids is 1. The second-order valence-electron chi connectivity index (χ2n) is 6.59. The lowest BCUT2D eigenvalue weighted by Gasteiger charge is -2.28. The Morgan fingerprint density at radius 3 is 2.66 bits per heavy atom. The largest absolute Gasteiger partial charge is 0.477 e. The van der Waals surface area contributed by atoms with Crippen molar-refractivity contribution in [3.63, 3.8) is 0 Å². The van der Waals surface area contributed by atoms with E-state index in [0.29, 0.717) is 17.5 Å². The first-order valence-electron chi connectivity index (χ1n) is 9.21. The summed E-state index contributed by atoms with van der Waals surface area (Å²) in [6.07, 6.45) is 1.70. The van der Waals surface area contributed by atoms with Crippen LogP contribution < -0.4 is 15.5 Å². The molecule has 4 rings (SSSR count). The Kier molecular flexibility index (Phi) is 5.59. The third kappa shape index (κ3) is 4.47. The van der Waals surface area contributed by atoms with Gasteiger partial charge < -0.3 is 25.4 Å². The van der Waals surface area contributed by atoms with E-state index in [4.69, 9.17) is 4.74 Å². The van der Waals surface area contributed by atoms with Crippen molar-refractivity contribution in [2.45, 2.75) is 6.92 Å². The molecule has 2 aromatic heterocycles. The maximum atomic E-state index is 11.3. The Morgan fingerprint density at radius 1 is 1.17 bits per heavy atom. The minimum absolute atomic E-state index is 0.247. The Bertz CT molecular complexity index is 1000. The van der Waals surface area contributed by atoms with Crippen molar-refractivity contribution in [3.8, 4) is 0 Å². The van der Waals surface area contributed by atoms with Crippen LogP contribution >= 0.6 is 11.3 Å². The number of aromatic nitrogens is 2. The number of carboxylic acid groups (broad SMARTS) is 1. The van der Waals surface area contributed by atoms with E-state index in [1.54, 1.807) is 17.6 Å². The van der Waals surface area contributed by atoms with Crippen molar-refractivity contribution in [3.05, 3.63) is 52.3 Å². The predicted octanol–water partition coefficient (Wildman–Crippen LogP) is 3.87. The number of hydrogen-bond acceptors (Lipinski definition) is 8. The van der Waals surface area contributed by atoms with Gasteiger partial charge >= 0.3 is 5.97 Å². The smallest absolute Gasteiger partial charge is 0.348 e. The molecule has 1 fully saturated rings. The maximum Gasteiger partial charge on any atom is 0.348 e. The van der Waals surface area contributed by atoms with Crippen LogP contribution in [0.4, 0.5) is 28.8 Å². The molecular weight excluding hydrogens is 390 g/mol. The van der Waals surface area contributed by atoms with Crippen LogP contribution in [0.25, 0.3) is 0 Å². The van der Waals surface area contributed by atoms with Crippen LogP contribution in [-0.4, -0.2) is 47.3 Å². The van der Waals surface area contributed by atoms with Gasteiger partial charge in [0.15, 0.2) is 0 Å². The topological polar surface area (TPSA) is 99.6 Å². The summed E-state index contributed by atoms with van der Waals surface area (Å²) < 4.78 is 5.39. The average molecular weight is 411 g/mol. The Hall–Kier alpha value is -3.17. The second kappa shape index (κ2) is 8.46. The van der Waals surface area contributed by atoms with E-state index in [2.05, 4.69) is 37.6 Å². The van der Waals surface area contributed by atoms with E-state index in [-0.39, 0.29) is 4.88 Å². The van der Waals surface area contributed by atoms with Gasteiger partial charge in [0.1, 0.15) is 10.7 Å². The van der Waals surface area contributed by atoms with Gasteiger partial charge in [-0.05, 0) is 42.6 Å². The number of nitrogens with one attached hydrogen (secondary N) is 2. The molecule has 9 heteroatoms. The van der Waals surface area contributed by atoms with Crippen LogP contribution in [0.2, 0.25) is 0 Å². The van der Waals surface area contributed by atoms with Crippen LogP contribution in [0.15, 0.2) is 41.9 Å². The molecule has 150 valence electrons. The number of morpholine rings is 1. The van der Waals surface area contributed by atoms with Crippen molar-refractivity contribution >= 4 is 46.1 Å². The van der Waals surface area contributed by atoms with Crippen molar-refractivity contribution in [1.29, 1.82) is 0 Å². The fourth-order valence-corrected chi connectivity index (χ4v) is 3.72. The van der Waals surface area contributed by atoms with Gasteiger partial charge in [0.05, 0.1) is 18.9 Å². The zero-order chi connectivity index (χ0) is 20.2. The zero-order valence-electron chi connectivity index (χ0n) is 15.9. The summed E-state index contributed by atoms with van der Waals surface area (Å²) in [6.45, 7) is 5.16. The molecule has 0 bridgehead atoms. The van der Waals surface area contributed by atoms with E-state index in [1.165, 1.54) is 11.3 Å². The fourth-order valence-electron chi connectivity index (χ4n) is 3.04. The van der Waals surface area contributed by atoms with Gasteiger partial charge in [-0.1, -0.05) is 0 Å². The number of carbonyl (C=O) groups is 1. The number of benzene rings is 1. The number of carboxylic acids is 1. The van der Waals surface area contributed by atoms with Gasteiger partial charge in [0.25, 0.3) is 0 Å². The van der Waals surface area contributed by atoms with Crippen molar-refractivity contribution in [2.75, 3.05) is 41.8 Å². The number of ether oxygens (including phenoxy) is 1. The van der Waals surface area contributed by atoms with Gasteiger partial charge in [-0.3, -0.25) is 0 Å². The number of nitrogens with zero attached hydrogens (tertiary/aromatic N) is 3. The Labute approximate surface area is 172 Å². The highest BCUT2D eigenvalue weighted by Crippen LogP contribution is 2.27. The standard InChI is InChI=1S/C20H21N5O3S/c1-13-12-21-20(24-18(13)23-16-6-11-29-17(16)19(26)27)22-14-2-4-15(5-3-14)25-7-9-28-10-8-25/h2-6,11-12H,7-10H2,1H3,(H,26,27)(H2,21,22,23,24). The molecule has 0 amide bonds. The normalized spacial score (nSPS) is 13.9. The molecule has 0 unspecified atom stereocenters. The Balaban J connectivity index is 1.48. The van der Waals surface area contributed by atoms with Crippen LogP contribution in [0.3, 0.4) is 0 Å². The predicted molar refractivity (Wildman–Crippen MR) is 114 cm³/mol. The first-order chi connectivity index (χ1) is 14.1. The van der Waals surface area contributed by atoms with Gasteiger partial charge in [-0.15, -0.1) is 11.3 Å². The number of aryl methyl sites for hydroxylation is 1. The highest BCUT2D eigenvalue weighted by molar-refractivity contribution is 7.12. The molecule has 29 heavy (non-hydrogen) atoms. The molecule has 1 aliphatic heterocycles. The quantitative estimate of drug-likeness (QED) is 0.562. The molecule has 1 aromatic carbocycles. The molecule has 1 saturated heterocycles. The van der Waals surface area contributed by atoms with Gasteiger partial charge in [0, 0.05) is 36.2 Å². The molecule has 3 aromatic rings. The molecular formula is C20H21N5O3S. The highest BCUT2D eigenvalue weighted by Gasteiger charge is 2.14. The monoisotopic (exact) mass is 411 g/mol. The van der Waals surface area contributed by atoms with Crippen LogP contribution in [0, 0.1) is 6.92 Å². The van der Waals surface area contributed by atoms with Crippen LogP contribution in [0.5, 0.6) is 0 Å². The molecule has 0 spiro atoms. The molecule has 0 aliphatic carbocycles. The summed E-state index contributed by atoms with van der Waals surface area (Å²) in [7, 11) is 0. The van der Waals surface area contributed by atoms with E-state index in [9.17, 15) is 9.90 Å². The van der Waals surface area contributed by atoms with E-state index in [0.717, 1.165) is 43.2 Å². The lowest BCUT2D eigenvalue weighted by atomic mass is 10.2. The molecule has 0 radical (unpaired) electrons. The summed E-state index contributed by atoms with van der Waals surface area (Å²) in [4.78, 5) is 22.7. The molecule has 0 saturated carbocycles. The van der Waals surface area contributed by atoms with Gasteiger partial charge in [0.2, 0.25) is 5.95 Å². The highest BCUT2D eigenvalue weighted by atomic mass is 32.1.